The van der Waals surface area contributed by atoms with Crippen LogP contribution in [0.3, 0.4) is 0 Å². The fourth-order valence-corrected chi connectivity index (χ4v) is 1.61. The van der Waals surface area contributed by atoms with Gasteiger partial charge in [-0.3, -0.25) is 0 Å². The molecule has 0 atom stereocenters. The Balaban J connectivity index is 3.07. The van der Waals surface area contributed by atoms with Crippen LogP contribution in [0.1, 0.15) is 20.8 Å². The van der Waals surface area contributed by atoms with Gasteiger partial charge in [0.05, 0.1) is 0 Å². The molecule has 0 heterocycles. The van der Waals surface area contributed by atoms with Gasteiger partial charge in [0.25, 0.3) is 0 Å². The van der Waals surface area contributed by atoms with Gasteiger partial charge >= 0.3 is 0 Å². The van der Waals surface area contributed by atoms with Gasteiger partial charge in [0.15, 0.2) is 0 Å². The molecule has 0 N–H and O–H groups in total. The molecule has 1 nitrogen and oxygen atoms in total. The van der Waals surface area contributed by atoms with Crippen LogP contribution in [0, 0.1) is 0 Å². The Bertz CT molecular complexity index is 43.8. The molecule has 0 rings (SSSR count). The molecule has 2 heteroatoms. The molecule has 0 saturated carbocycles. The van der Waals surface area contributed by atoms with Gasteiger partial charge in [0.1, 0.15) is 29.3 Å². The lowest BCUT2D eigenvalue weighted by atomic mass is 10.9. The first-order valence-corrected chi connectivity index (χ1v) is 4.64. The molecule has 0 unspecified atom stereocenters. The lowest BCUT2D eigenvalue weighted by Crippen LogP contribution is -2.11. The smallest absolute Gasteiger partial charge is 0.146 e. The van der Waals surface area contributed by atoms with Crippen LogP contribution in [0.4, 0.5) is 0 Å². The van der Waals surface area contributed by atoms with E-state index in [0.717, 1.165) is 6.61 Å². The molecular weight excluding hydrogens is 120 g/mol. The highest BCUT2D eigenvalue weighted by molar-refractivity contribution is 7.92. The Kier molecular flexibility index (Phi) is 5.66. The zero-order valence-corrected chi connectivity index (χ0v) is 6.75. The standard InChI is InChI=1S/C6H15OS/c1-4-7-8(5-2)6-3/h4-6H2,1-3H3/q+1. The molecule has 0 spiro atoms. The van der Waals surface area contributed by atoms with Crippen molar-refractivity contribution in [1.82, 2.24) is 0 Å². The van der Waals surface area contributed by atoms with Crippen LogP contribution < -0.4 is 0 Å². The lowest BCUT2D eigenvalue weighted by molar-refractivity contribution is 0.388. The number of rotatable bonds is 4. The van der Waals surface area contributed by atoms with E-state index < -0.39 is 0 Å². The maximum Gasteiger partial charge on any atom is 0.146 e. The summed E-state index contributed by atoms with van der Waals surface area (Å²) in [6.45, 7) is 7.25. The zero-order valence-electron chi connectivity index (χ0n) is 5.94. The molecule has 0 aliphatic heterocycles. The molecular formula is C6H15OS+. The Morgan fingerprint density at radius 3 is 1.75 bits per heavy atom. The molecule has 50 valence electrons. The third-order valence-electron chi connectivity index (χ3n) is 0.928. The average molecular weight is 135 g/mol. The summed E-state index contributed by atoms with van der Waals surface area (Å²) in [5.41, 5.74) is 0. The molecule has 8 heavy (non-hydrogen) atoms. The second-order valence-electron chi connectivity index (χ2n) is 1.42. The highest BCUT2D eigenvalue weighted by Crippen LogP contribution is 1.96. The maximum absolute atomic E-state index is 5.37. The first-order valence-electron chi connectivity index (χ1n) is 3.15. The van der Waals surface area contributed by atoms with Crippen molar-refractivity contribution in [3.8, 4) is 0 Å². The molecule has 0 aromatic carbocycles. The lowest BCUT2D eigenvalue weighted by Gasteiger charge is -1.97. The quantitative estimate of drug-likeness (QED) is 0.532. The van der Waals surface area contributed by atoms with Gasteiger partial charge in [-0.2, -0.15) is 4.18 Å². The molecule has 0 aromatic rings. The third kappa shape index (κ3) is 3.33. The zero-order chi connectivity index (χ0) is 6.41. The summed E-state index contributed by atoms with van der Waals surface area (Å²) >= 11 is 0.262. The van der Waals surface area contributed by atoms with Gasteiger partial charge < -0.3 is 0 Å². The van der Waals surface area contributed by atoms with Crippen LogP contribution in [0.15, 0.2) is 0 Å². The van der Waals surface area contributed by atoms with Crippen molar-refractivity contribution in [3.05, 3.63) is 0 Å². The van der Waals surface area contributed by atoms with Gasteiger partial charge in [-0.1, -0.05) is 0 Å². The van der Waals surface area contributed by atoms with Crippen LogP contribution in [0.2, 0.25) is 0 Å². The minimum atomic E-state index is 0.262. The Labute approximate surface area is 55.0 Å². The van der Waals surface area contributed by atoms with Gasteiger partial charge in [-0.15, -0.1) is 0 Å². The predicted molar refractivity (Wildman–Crippen MR) is 40.1 cm³/mol. The van der Waals surface area contributed by atoms with Crippen molar-refractivity contribution in [2.24, 2.45) is 0 Å². The maximum atomic E-state index is 5.37. The normalized spacial score (nSPS) is 10.5. The minimum absolute atomic E-state index is 0.262. The predicted octanol–water partition coefficient (Wildman–Crippen LogP) is 1.60. The van der Waals surface area contributed by atoms with E-state index in [2.05, 4.69) is 13.8 Å². The second-order valence-corrected chi connectivity index (χ2v) is 3.69. The van der Waals surface area contributed by atoms with Gasteiger partial charge in [-0.25, -0.2) is 0 Å². The van der Waals surface area contributed by atoms with E-state index in [-0.39, 0.29) is 11.2 Å². The Morgan fingerprint density at radius 1 is 1.12 bits per heavy atom. The average Bonchev–Trinajstić information content (AvgIpc) is 1.83. The molecule has 0 radical (unpaired) electrons. The van der Waals surface area contributed by atoms with Crippen molar-refractivity contribution in [3.63, 3.8) is 0 Å². The van der Waals surface area contributed by atoms with E-state index in [1.165, 1.54) is 11.5 Å². The first-order chi connectivity index (χ1) is 3.85. The van der Waals surface area contributed by atoms with Crippen LogP contribution in [0.5, 0.6) is 0 Å². The van der Waals surface area contributed by atoms with Crippen LogP contribution in [0.25, 0.3) is 0 Å². The third-order valence-corrected chi connectivity index (χ3v) is 2.79. The Hall–Kier alpha value is 0.310. The number of hydrogen-bond donors (Lipinski definition) is 0. The number of hydrogen-bond acceptors (Lipinski definition) is 1. The summed E-state index contributed by atoms with van der Waals surface area (Å²) in [5, 5.41) is 0. The second kappa shape index (κ2) is 5.45. The SMILES string of the molecule is CCO[S+](CC)CC. The van der Waals surface area contributed by atoms with Crippen molar-refractivity contribution in [1.29, 1.82) is 0 Å². The van der Waals surface area contributed by atoms with E-state index in [4.69, 9.17) is 4.18 Å². The van der Waals surface area contributed by atoms with Crippen molar-refractivity contribution in [2.75, 3.05) is 18.1 Å². The molecule has 0 saturated heterocycles. The molecule has 0 fully saturated rings. The first kappa shape index (κ1) is 8.31. The molecule has 0 aliphatic carbocycles. The fourth-order valence-electron chi connectivity index (χ4n) is 0.537. The molecule has 0 aliphatic rings. The summed E-state index contributed by atoms with van der Waals surface area (Å²) in [5.74, 6) is 2.34. The van der Waals surface area contributed by atoms with Gasteiger partial charge in [-0.05, 0) is 20.8 Å². The van der Waals surface area contributed by atoms with Crippen LogP contribution >= 0.6 is 0 Å². The van der Waals surface area contributed by atoms with Crippen LogP contribution in [-0.4, -0.2) is 18.1 Å². The summed E-state index contributed by atoms with van der Waals surface area (Å²) in [7, 11) is 0. The minimum Gasteiger partial charge on any atom is -0.174 e. The van der Waals surface area contributed by atoms with E-state index >= 15 is 0 Å². The van der Waals surface area contributed by atoms with Gasteiger partial charge in [0, 0.05) is 0 Å². The van der Waals surface area contributed by atoms with Gasteiger partial charge in [0.2, 0.25) is 0 Å². The topological polar surface area (TPSA) is 9.23 Å². The molecule has 0 aromatic heterocycles. The highest BCUT2D eigenvalue weighted by Gasteiger charge is 2.11. The van der Waals surface area contributed by atoms with Crippen molar-refractivity contribution < 1.29 is 4.18 Å². The highest BCUT2D eigenvalue weighted by atomic mass is 32.2. The molecule has 0 bridgehead atoms. The van der Waals surface area contributed by atoms with E-state index in [9.17, 15) is 0 Å². The molecule has 0 amide bonds. The van der Waals surface area contributed by atoms with Crippen molar-refractivity contribution >= 4 is 11.2 Å². The summed E-state index contributed by atoms with van der Waals surface area (Å²) in [6.07, 6.45) is 0. The monoisotopic (exact) mass is 135 g/mol. The summed E-state index contributed by atoms with van der Waals surface area (Å²) in [4.78, 5) is 0. The van der Waals surface area contributed by atoms with Crippen LogP contribution in [-0.2, 0) is 15.4 Å². The Morgan fingerprint density at radius 2 is 1.62 bits per heavy atom. The van der Waals surface area contributed by atoms with E-state index in [1.807, 2.05) is 6.92 Å². The largest absolute Gasteiger partial charge is 0.174 e. The summed E-state index contributed by atoms with van der Waals surface area (Å²) in [6, 6.07) is 0. The summed E-state index contributed by atoms with van der Waals surface area (Å²) < 4.78 is 5.37. The van der Waals surface area contributed by atoms with E-state index in [1.54, 1.807) is 0 Å². The fraction of sp³-hybridized carbons (Fsp3) is 1.00. The van der Waals surface area contributed by atoms with E-state index in [0.29, 0.717) is 0 Å². The van der Waals surface area contributed by atoms with Crippen molar-refractivity contribution in [2.45, 2.75) is 20.8 Å².